The molecule has 1 fully saturated rings. The van der Waals surface area contributed by atoms with Gasteiger partial charge in [-0.3, -0.25) is 4.79 Å². The topological polar surface area (TPSA) is 96.5 Å². The predicted molar refractivity (Wildman–Crippen MR) is 154 cm³/mol. The van der Waals surface area contributed by atoms with Gasteiger partial charge in [0, 0.05) is 44.8 Å². The van der Waals surface area contributed by atoms with Crippen LogP contribution in [0.15, 0.2) is 89.8 Å². The molecule has 0 saturated carbocycles. The molecule has 3 N–H and O–H groups in total. The Balaban J connectivity index is 1.49. The number of nitrogens with one attached hydrogen (secondary N) is 3. The molecule has 0 spiro atoms. The van der Waals surface area contributed by atoms with Gasteiger partial charge in [0.2, 0.25) is 15.9 Å². The summed E-state index contributed by atoms with van der Waals surface area (Å²) in [5.41, 5.74) is 2.84. The first-order valence-electron chi connectivity index (χ1n) is 13.5. The van der Waals surface area contributed by atoms with Crippen LogP contribution in [0.3, 0.4) is 0 Å². The Bertz CT molecular complexity index is 1260. The smallest absolute Gasteiger partial charge is 0.240 e. The van der Waals surface area contributed by atoms with E-state index in [4.69, 9.17) is 4.74 Å². The summed E-state index contributed by atoms with van der Waals surface area (Å²) in [6.07, 6.45) is 2.07. The molecule has 3 aromatic carbocycles. The molecule has 1 amide bonds. The molecule has 8 heteroatoms. The van der Waals surface area contributed by atoms with Crippen molar-refractivity contribution in [2.45, 2.75) is 42.5 Å². The quantitative estimate of drug-likeness (QED) is 0.299. The van der Waals surface area contributed by atoms with Crippen molar-refractivity contribution >= 4 is 15.9 Å². The fourth-order valence-electron chi connectivity index (χ4n) is 5.40. The maximum absolute atomic E-state index is 13.5. The molecule has 0 unspecified atom stereocenters. The van der Waals surface area contributed by atoms with Gasteiger partial charge >= 0.3 is 0 Å². The number of piperidine rings is 1. The highest BCUT2D eigenvalue weighted by molar-refractivity contribution is 7.89. The van der Waals surface area contributed by atoms with Crippen LogP contribution in [-0.4, -0.2) is 53.7 Å². The van der Waals surface area contributed by atoms with E-state index in [1.807, 2.05) is 43.3 Å². The van der Waals surface area contributed by atoms with Crippen LogP contribution in [0.5, 0.6) is 0 Å². The zero-order valence-corrected chi connectivity index (χ0v) is 23.5. The summed E-state index contributed by atoms with van der Waals surface area (Å²) in [4.78, 5) is 13.7. The van der Waals surface area contributed by atoms with Gasteiger partial charge in [-0.2, -0.15) is 0 Å². The molecule has 0 aromatic heterocycles. The van der Waals surface area contributed by atoms with Crippen molar-refractivity contribution in [3.8, 4) is 0 Å². The molecule has 3 aromatic rings. The van der Waals surface area contributed by atoms with Crippen LogP contribution in [0.4, 0.5) is 0 Å². The van der Waals surface area contributed by atoms with E-state index in [0.29, 0.717) is 32.7 Å². The monoisotopic (exact) mass is 549 g/mol. The SMILES string of the molecule is COCCCC(CNC(=O)[C@@H]1CNC[C@@H](NS(=O)(=O)c2ccc(C)cc2)C1)(c1ccccc1)c1ccccc1. The Kier molecular flexibility index (Phi) is 9.91. The first kappa shape index (κ1) is 29.0. The number of hydrogen-bond acceptors (Lipinski definition) is 5. The summed E-state index contributed by atoms with van der Waals surface area (Å²) in [6, 6.07) is 27.0. The molecular formula is C31H39N3O4S. The second kappa shape index (κ2) is 13.3. The van der Waals surface area contributed by atoms with Crippen LogP contribution in [0.1, 0.15) is 36.0 Å². The lowest BCUT2D eigenvalue weighted by Crippen LogP contribution is -2.53. The van der Waals surface area contributed by atoms with Gasteiger partial charge < -0.3 is 15.4 Å². The van der Waals surface area contributed by atoms with Gasteiger partial charge in [0.15, 0.2) is 0 Å². The number of carbonyl (C=O) groups excluding carboxylic acids is 1. The Hall–Kier alpha value is -3.04. The number of amides is 1. The van der Waals surface area contributed by atoms with E-state index in [2.05, 4.69) is 39.6 Å². The molecule has 39 heavy (non-hydrogen) atoms. The summed E-state index contributed by atoms with van der Waals surface area (Å²) >= 11 is 0. The van der Waals surface area contributed by atoms with Crippen molar-refractivity contribution in [2.24, 2.45) is 5.92 Å². The molecule has 2 atom stereocenters. The average molecular weight is 550 g/mol. The first-order chi connectivity index (χ1) is 18.8. The highest BCUT2D eigenvalue weighted by Crippen LogP contribution is 2.36. The van der Waals surface area contributed by atoms with Crippen molar-refractivity contribution in [2.75, 3.05) is 33.4 Å². The number of rotatable bonds is 12. The average Bonchev–Trinajstić information content (AvgIpc) is 2.96. The van der Waals surface area contributed by atoms with Crippen molar-refractivity contribution in [3.63, 3.8) is 0 Å². The van der Waals surface area contributed by atoms with E-state index in [9.17, 15) is 13.2 Å². The van der Waals surface area contributed by atoms with Gasteiger partial charge in [0.1, 0.15) is 0 Å². The van der Waals surface area contributed by atoms with E-state index in [0.717, 1.165) is 29.5 Å². The lowest BCUT2D eigenvalue weighted by molar-refractivity contribution is -0.125. The zero-order chi connectivity index (χ0) is 27.7. The molecule has 1 saturated heterocycles. The summed E-state index contributed by atoms with van der Waals surface area (Å²) < 4.78 is 34.0. The molecular weight excluding hydrogens is 510 g/mol. The van der Waals surface area contributed by atoms with Crippen molar-refractivity contribution in [3.05, 3.63) is 102 Å². The molecule has 4 rings (SSSR count). The number of sulfonamides is 1. The summed E-state index contributed by atoms with van der Waals surface area (Å²) in [7, 11) is -1.98. The van der Waals surface area contributed by atoms with Crippen molar-refractivity contribution < 1.29 is 17.9 Å². The minimum atomic E-state index is -3.68. The molecule has 1 aliphatic rings. The Labute approximate surface area is 232 Å². The first-order valence-corrected chi connectivity index (χ1v) is 15.0. The van der Waals surface area contributed by atoms with Crippen LogP contribution < -0.4 is 15.4 Å². The lowest BCUT2D eigenvalue weighted by atomic mass is 9.71. The maximum Gasteiger partial charge on any atom is 0.240 e. The van der Waals surface area contributed by atoms with Crippen LogP contribution in [0, 0.1) is 12.8 Å². The third kappa shape index (κ3) is 7.33. The molecule has 1 heterocycles. The minimum Gasteiger partial charge on any atom is -0.385 e. The molecule has 0 aliphatic carbocycles. The Morgan fingerprint density at radius 1 is 0.949 bits per heavy atom. The largest absolute Gasteiger partial charge is 0.385 e. The van der Waals surface area contributed by atoms with E-state index < -0.39 is 15.4 Å². The van der Waals surface area contributed by atoms with Crippen LogP contribution >= 0.6 is 0 Å². The molecule has 1 aliphatic heterocycles. The zero-order valence-electron chi connectivity index (χ0n) is 22.7. The van der Waals surface area contributed by atoms with Crippen LogP contribution in [-0.2, 0) is 25.0 Å². The maximum atomic E-state index is 13.5. The van der Waals surface area contributed by atoms with Crippen LogP contribution in [0.2, 0.25) is 0 Å². The Morgan fingerprint density at radius 3 is 2.15 bits per heavy atom. The highest BCUT2D eigenvalue weighted by Gasteiger charge is 2.36. The van der Waals surface area contributed by atoms with Gasteiger partial charge in [0.25, 0.3) is 0 Å². The van der Waals surface area contributed by atoms with Gasteiger partial charge in [-0.05, 0) is 49.4 Å². The van der Waals surface area contributed by atoms with E-state index >= 15 is 0 Å². The second-order valence-corrected chi connectivity index (χ2v) is 12.1. The minimum absolute atomic E-state index is 0.0790. The lowest BCUT2D eigenvalue weighted by Gasteiger charge is -2.37. The van der Waals surface area contributed by atoms with E-state index in [-0.39, 0.29) is 22.8 Å². The summed E-state index contributed by atoms with van der Waals surface area (Å²) in [6.45, 7) is 3.95. The summed E-state index contributed by atoms with van der Waals surface area (Å²) in [5, 5.41) is 6.49. The summed E-state index contributed by atoms with van der Waals surface area (Å²) in [5.74, 6) is -0.433. The predicted octanol–water partition coefficient (Wildman–Crippen LogP) is 3.78. The second-order valence-electron chi connectivity index (χ2n) is 10.4. The fraction of sp³-hybridized carbons (Fsp3) is 0.387. The number of carbonyl (C=O) groups is 1. The Morgan fingerprint density at radius 2 is 1.56 bits per heavy atom. The van der Waals surface area contributed by atoms with Gasteiger partial charge in [-0.15, -0.1) is 0 Å². The van der Waals surface area contributed by atoms with E-state index in [1.165, 1.54) is 0 Å². The molecule has 208 valence electrons. The van der Waals surface area contributed by atoms with Gasteiger partial charge in [0.05, 0.1) is 10.8 Å². The normalized spacial score (nSPS) is 18.0. The highest BCUT2D eigenvalue weighted by atomic mass is 32.2. The number of benzene rings is 3. The van der Waals surface area contributed by atoms with Gasteiger partial charge in [-0.25, -0.2) is 13.1 Å². The van der Waals surface area contributed by atoms with Crippen molar-refractivity contribution in [1.29, 1.82) is 0 Å². The standard InChI is InChI=1S/C31H39N3O4S/c1-24-14-16-29(17-15-24)39(36,37)34-28-20-25(21-32-22-28)30(35)33-23-31(18-9-19-38-2,26-10-5-3-6-11-26)27-12-7-4-8-13-27/h3-8,10-17,25,28,32,34H,9,18-23H2,1-2H3,(H,33,35)/t25-,28-/m0/s1. The molecule has 0 bridgehead atoms. The number of hydrogen-bond donors (Lipinski definition) is 3. The van der Waals surface area contributed by atoms with E-state index in [1.54, 1.807) is 31.4 Å². The third-order valence-electron chi connectivity index (χ3n) is 7.54. The van der Waals surface area contributed by atoms with Crippen LogP contribution in [0.25, 0.3) is 0 Å². The van der Waals surface area contributed by atoms with Gasteiger partial charge in [-0.1, -0.05) is 78.4 Å². The fourth-order valence-corrected chi connectivity index (χ4v) is 6.65. The number of ether oxygens (including phenoxy) is 1. The third-order valence-corrected chi connectivity index (χ3v) is 9.08. The number of methoxy groups -OCH3 is 1. The number of aryl methyl sites for hydroxylation is 1. The molecule has 7 nitrogen and oxygen atoms in total. The molecule has 0 radical (unpaired) electrons. The van der Waals surface area contributed by atoms with Crippen molar-refractivity contribution in [1.82, 2.24) is 15.4 Å².